The van der Waals surface area contributed by atoms with Crippen molar-refractivity contribution < 1.29 is 4.79 Å². The molecule has 1 aliphatic carbocycles. The van der Waals surface area contributed by atoms with Crippen LogP contribution in [0, 0.1) is 13.8 Å². The lowest BCUT2D eigenvalue weighted by atomic mass is 9.95. The number of hydrogen-bond donors (Lipinski definition) is 2. The molecule has 0 spiro atoms. The highest BCUT2D eigenvalue weighted by Gasteiger charge is 2.19. The molecule has 0 atom stereocenters. The van der Waals surface area contributed by atoms with Gasteiger partial charge in [-0.3, -0.25) is 4.79 Å². The lowest BCUT2D eigenvalue weighted by molar-refractivity contribution is 0.0928. The zero-order valence-electron chi connectivity index (χ0n) is 14.4. The minimum absolute atomic E-state index is 0.0382. The van der Waals surface area contributed by atoms with E-state index in [4.69, 9.17) is 0 Å². The fourth-order valence-corrected chi connectivity index (χ4v) is 3.33. The number of rotatable bonds is 4. The number of benzene rings is 1. The van der Waals surface area contributed by atoms with Crippen LogP contribution in [-0.2, 0) is 0 Å². The van der Waals surface area contributed by atoms with E-state index in [1.54, 1.807) is 6.20 Å². The normalized spacial score (nSPS) is 15.1. The summed E-state index contributed by atoms with van der Waals surface area (Å²) in [5.74, 6) is 0.576. The highest BCUT2D eigenvalue weighted by molar-refractivity contribution is 5.99. The molecule has 4 heteroatoms. The standard InChI is InChI=1S/C20H25N3O/c1-14-8-6-9-15(2)18(14)23-19-17(12-7-13-21-19)20(24)22-16-10-4-3-5-11-16/h6-9,12-13,16H,3-5,10-11H2,1-2H3,(H,21,23)(H,22,24). The summed E-state index contributed by atoms with van der Waals surface area (Å²) >= 11 is 0. The average Bonchev–Trinajstić information content (AvgIpc) is 2.59. The predicted molar refractivity (Wildman–Crippen MR) is 97.8 cm³/mol. The molecular formula is C20H25N3O. The lowest BCUT2D eigenvalue weighted by Gasteiger charge is -2.23. The third-order valence-corrected chi connectivity index (χ3v) is 4.72. The summed E-state index contributed by atoms with van der Waals surface area (Å²) in [7, 11) is 0. The van der Waals surface area contributed by atoms with Crippen molar-refractivity contribution in [1.82, 2.24) is 10.3 Å². The van der Waals surface area contributed by atoms with Crippen molar-refractivity contribution in [3.05, 3.63) is 53.2 Å². The molecule has 1 amide bonds. The van der Waals surface area contributed by atoms with Gasteiger partial charge in [0, 0.05) is 17.9 Å². The Labute approximate surface area is 143 Å². The Bertz CT molecular complexity index is 700. The van der Waals surface area contributed by atoms with Gasteiger partial charge in [0.15, 0.2) is 0 Å². The zero-order chi connectivity index (χ0) is 16.9. The van der Waals surface area contributed by atoms with Crippen LogP contribution >= 0.6 is 0 Å². The molecule has 0 bridgehead atoms. The lowest BCUT2D eigenvalue weighted by Crippen LogP contribution is -2.36. The van der Waals surface area contributed by atoms with Crippen LogP contribution in [0.4, 0.5) is 11.5 Å². The first kappa shape index (κ1) is 16.5. The van der Waals surface area contributed by atoms with Gasteiger partial charge >= 0.3 is 0 Å². The summed E-state index contributed by atoms with van der Waals surface area (Å²) in [5, 5.41) is 6.53. The van der Waals surface area contributed by atoms with Crippen LogP contribution in [0.2, 0.25) is 0 Å². The summed E-state index contributed by atoms with van der Waals surface area (Å²) in [6, 6.07) is 10.1. The molecular weight excluding hydrogens is 298 g/mol. The molecule has 4 nitrogen and oxygen atoms in total. The fourth-order valence-electron chi connectivity index (χ4n) is 3.33. The van der Waals surface area contributed by atoms with Gasteiger partial charge in [0.05, 0.1) is 5.56 Å². The Morgan fingerprint density at radius 3 is 2.46 bits per heavy atom. The number of nitrogens with one attached hydrogen (secondary N) is 2. The van der Waals surface area contributed by atoms with Gasteiger partial charge in [-0.2, -0.15) is 0 Å². The Morgan fingerprint density at radius 1 is 1.04 bits per heavy atom. The smallest absolute Gasteiger partial charge is 0.255 e. The van der Waals surface area contributed by atoms with Gasteiger partial charge in [-0.1, -0.05) is 37.5 Å². The molecule has 1 heterocycles. The summed E-state index contributed by atoms with van der Waals surface area (Å²) in [6.07, 6.45) is 7.54. The quantitative estimate of drug-likeness (QED) is 0.870. The molecule has 1 fully saturated rings. The fraction of sp³-hybridized carbons (Fsp3) is 0.400. The van der Waals surface area contributed by atoms with Gasteiger partial charge in [0.1, 0.15) is 5.82 Å². The molecule has 0 radical (unpaired) electrons. The molecule has 1 aromatic heterocycles. The summed E-state index contributed by atoms with van der Waals surface area (Å²) < 4.78 is 0. The van der Waals surface area contributed by atoms with Crippen molar-refractivity contribution in [2.75, 3.05) is 5.32 Å². The van der Waals surface area contributed by atoms with Crippen molar-refractivity contribution >= 4 is 17.4 Å². The number of hydrogen-bond acceptors (Lipinski definition) is 3. The van der Waals surface area contributed by atoms with Gasteiger partial charge in [-0.15, -0.1) is 0 Å². The molecule has 126 valence electrons. The van der Waals surface area contributed by atoms with Crippen molar-refractivity contribution in [3.63, 3.8) is 0 Å². The molecule has 1 aliphatic rings. The number of anilines is 2. The van der Waals surface area contributed by atoms with Crippen LogP contribution in [0.5, 0.6) is 0 Å². The second-order valence-corrected chi connectivity index (χ2v) is 6.60. The van der Waals surface area contributed by atoms with Crippen molar-refractivity contribution in [3.8, 4) is 0 Å². The number of aryl methyl sites for hydroxylation is 2. The third kappa shape index (κ3) is 3.75. The Hall–Kier alpha value is -2.36. The van der Waals surface area contributed by atoms with E-state index in [1.165, 1.54) is 19.3 Å². The first-order valence-electron chi connectivity index (χ1n) is 8.74. The van der Waals surface area contributed by atoms with E-state index >= 15 is 0 Å². The Kier molecular flexibility index (Phi) is 5.14. The number of amides is 1. The molecule has 0 aliphatic heterocycles. The van der Waals surface area contributed by atoms with Gasteiger partial charge < -0.3 is 10.6 Å². The van der Waals surface area contributed by atoms with Gasteiger partial charge in [-0.25, -0.2) is 4.98 Å². The first-order valence-corrected chi connectivity index (χ1v) is 8.74. The molecule has 0 saturated heterocycles. The highest BCUT2D eigenvalue weighted by Crippen LogP contribution is 2.25. The van der Waals surface area contributed by atoms with E-state index in [1.807, 2.05) is 18.2 Å². The molecule has 24 heavy (non-hydrogen) atoms. The monoisotopic (exact) mass is 323 g/mol. The molecule has 1 aromatic carbocycles. The molecule has 3 rings (SSSR count). The first-order chi connectivity index (χ1) is 11.6. The second-order valence-electron chi connectivity index (χ2n) is 6.60. The van der Waals surface area contributed by atoms with Crippen LogP contribution in [0.15, 0.2) is 36.5 Å². The van der Waals surface area contributed by atoms with Crippen molar-refractivity contribution in [2.24, 2.45) is 0 Å². The highest BCUT2D eigenvalue weighted by atomic mass is 16.1. The van der Waals surface area contributed by atoms with E-state index in [0.29, 0.717) is 17.4 Å². The van der Waals surface area contributed by atoms with Gasteiger partial charge in [0.25, 0.3) is 5.91 Å². The van der Waals surface area contributed by atoms with Crippen LogP contribution < -0.4 is 10.6 Å². The minimum atomic E-state index is -0.0382. The Balaban J connectivity index is 1.81. The number of para-hydroxylation sites is 1. The van der Waals surface area contributed by atoms with E-state index in [0.717, 1.165) is 29.7 Å². The van der Waals surface area contributed by atoms with Crippen LogP contribution in [0.3, 0.4) is 0 Å². The van der Waals surface area contributed by atoms with Gasteiger partial charge in [0.2, 0.25) is 0 Å². The van der Waals surface area contributed by atoms with Crippen LogP contribution in [0.25, 0.3) is 0 Å². The molecule has 0 unspecified atom stereocenters. The third-order valence-electron chi connectivity index (χ3n) is 4.72. The Morgan fingerprint density at radius 2 is 1.75 bits per heavy atom. The zero-order valence-corrected chi connectivity index (χ0v) is 14.4. The van der Waals surface area contributed by atoms with Crippen LogP contribution in [0.1, 0.15) is 53.6 Å². The summed E-state index contributed by atoms with van der Waals surface area (Å²) in [5.41, 5.74) is 3.90. The second kappa shape index (κ2) is 7.47. The largest absolute Gasteiger partial charge is 0.349 e. The maximum Gasteiger partial charge on any atom is 0.255 e. The maximum atomic E-state index is 12.7. The van der Waals surface area contributed by atoms with Gasteiger partial charge in [-0.05, 0) is 49.9 Å². The molecule has 1 saturated carbocycles. The topological polar surface area (TPSA) is 54.0 Å². The number of aromatic nitrogens is 1. The average molecular weight is 323 g/mol. The summed E-state index contributed by atoms with van der Waals surface area (Å²) in [6.45, 7) is 4.11. The van der Waals surface area contributed by atoms with E-state index in [2.05, 4.69) is 41.6 Å². The van der Waals surface area contributed by atoms with E-state index < -0.39 is 0 Å². The maximum absolute atomic E-state index is 12.7. The molecule has 2 N–H and O–H groups in total. The number of pyridine rings is 1. The van der Waals surface area contributed by atoms with E-state index in [-0.39, 0.29) is 5.91 Å². The number of carbonyl (C=O) groups is 1. The molecule has 2 aromatic rings. The minimum Gasteiger partial charge on any atom is -0.349 e. The van der Waals surface area contributed by atoms with Crippen molar-refractivity contribution in [2.45, 2.75) is 52.0 Å². The number of nitrogens with zero attached hydrogens (tertiary/aromatic N) is 1. The van der Waals surface area contributed by atoms with Crippen molar-refractivity contribution in [1.29, 1.82) is 0 Å². The summed E-state index contributed by atoms with van der Waals surface area (Å²) in [4.78, 5) is 17.1. The predicted octanol–water partition coefficient (Wildman–Crippen LogP) is 4.50. The van der Waals surface area contributed by atoms with E-state index in [9.17, 15) is 4.79 Å². The SMILES string of the molecule is Cc1cccc(C)c1Nc1ncccc1C(=O)NC1CCCCC1. The van der Waals surface area contributed by atoms with Crippen LogP contribution in [-0.4, -0.2) is 16.9 Å². The number of carbonyl (C=O) groups excluding carboxylic acids is 1.